The molecule has 0 aromatic heterocycles. The van der Waals surface area contributed by atoms with Crippen molar-refractivity contribution in [3.8, 4) is 11.5 Å². The van der Waals surface area contributed by atoms with E-state index in [9.17, 15) is 13.2 Å². The van der Waals surface area contributed by atoms with Crippen LogP contribution >= 0.6 is 11.6 Å². The number of benzene rings is 3. The normalized spacial score (nSPS) is 10.9. The molecule has 31 heavy (non-hydrogen) atoms. The van der Waals surface area contributed by atoms with Gasteiger partial charge in [0.1, 0.15) is 6.54 Å². The molecule has 0 radical (unpaired) electrons. The minimum atomic E-state index is -4.09. The van der Waals surface area contributed by atoms with E-state index in [1.54, 1.807) is 54.6 Å². The van der Waals surface area contributed by atoms with Crippen LogP contribution in [0.25, 0.3) is 0 Å². The Hall–Kier alpha value is -3.23. The highest BCUT2D eigenvalue weighted by molar-refractivity contribution is 7.92. The van der Waals surface area contributed by atoms with Crippen LogP contribution in [0.2, 0.25) is 5.02 Å². The van der Waals surface area contributed by atoms with Crippen molar-refractivity contribution in [2.75, 3.05) is 30.4 Å². The maximum Gasteiger partial charge on any atom is 0.264 e. The maximum atomic E-state index is 13.5. The number of halogens is 1. The average Bonchev–Trinajstić information content (AvgIpc) is 2.79. The molecule has 162 valence electrons. The third kappa shape index (κ3) is 5.28. The Bertz CT molecular complexity index is 1150. The fraction of sp³-hybridized carbons (Fsp3) is 0.136. The molecule has 0 spiro atoms. The van der Waals surface area contributed by atoms with Crippen molar-refractivity contribution in [3.63, 3.8) is 0 Å². The van der Waals surface area contributed by atoms with Gasteiger partial charge in [-0.1, -0.05) is 29.8 Å². The Kier molecular flexibility index (Phi) is 7.04. The van der Waals surface area contributed by atoms with Crippen LogP contribution in [0.4, 0.5) is 11.4 Å². The predicted molar refractivity (Wildman–Crippen MR) is 121 cm³/mol. The number of hydrogen-bond acceptors (Lipinski definition) is 5. The van der Waals surface area contributed by atoms with Gasteiger partial charge < -0.3 is 14.8 Å². The van der Waals surface area contributed by atoms with E-state index in [4.69, 9.17) is 21.1 Å². The first-order valence-corrected chi connectivity index (χ1v) is 11.0. The molecule has 9 heteroatoms. The Morgan fingerprint density at radius 3 is 2.19 bits per heavy atom. The summed E-state index contributed by atoms with van der Waals surface area (Å²) in [5, 5.41) is 3.21. The number of ether oxygens (including phenoxy) is 2. The molecule has 0 aliphatic carbocycles. The third-order valence-electron chi connectivity index (χ3n) is 4.40. The Morgan fingerprint density at radius 2 is 1.58 bits per heavy atom. The monoisotopic (exact) mass is 460 g/mol. The van der Waals surface area contributed by atoms with Gasteiger partial charge in [0.2, 0.25) is 5.91 Å². The van der Waals surface area contributed by atoms with Gasteiger partial charge in [-0.25, -0.2) is 8.42 Å². The van der Waals surface area contributed by atoms with E-state index in [2.05, 4.69) is 5.32 Å². The average molecular weight is 461 g/mol. The Labute approximate surface area is 186 Å². The van der Waals surface area contributed by atoms with E-state index < -0.39 is 22.5 Å². The van der Waals surface area contributed by atoms with Crippen molar-refractivity contribution >= 4 is 38.9 Å². The SMILES string of the molecule is COc1ccc(S(=O)(=O)N(CC(=O)Nc2ccc(Cl)cc2)c2ccccc2)cc1OC. The van der Waals surface area contributed by atoms with Crippen molar-refractivity contribution < 1.29 is 22.7 Å². The smallest absolute Gasteiger partial charge is 0.264 e. The van der Waals surface area contributed by atoms with Gasteiger partial charge >= 0.3 is 0 Å². The summed E-state index contributed by atoms with van der Waals surface area (Å²) >= 11 is 5.87. The highest BCUT2D eigenvalue weighted by Gasteiger charge is 2.28. The molecule has 1 amide bonds. The van der Waals surface area contributed by atoms with Gasteiger partial charge in [0.05, 0.1) is 24.8 Å². The van der Waals surface area contributed by atoms with Gasteiger partial charge in [-0.15, -0.1) is 0 Å². The minimum Gasteiger partial charge on any atom is -0.493 e. The summed E-state index contributed by atoms with van der Waals surface area (Å²) < 4.78 is 38.4. The topological polar surface area (TPSA) is 84.9 Å². The van der Waals surface area contributed by atoms with Crippen molar-refractivity contribution in [1.29, 1.82) is 0 Å². The molecule has 3 aromatic carbocycles. The van der Waals surface area contributed by atoms with Crippen LogP contribution in [-0.2, 0) is 14.8 Å². The number of amides is 1. The maximum absolute atomic E-state index is 13.5. The fourth-order valence-electron chi connectivity index (χ4n) is 2.88. The summed E-state index contributed by atoms with van der Waals surface area (Å²) in [6.07, 6.45) is 0. The molecule has 0 unspecified atom stereocenters. The Balaban J connectivity index is 1.95. The van der Waals surface area contributed by atoms with Crippen LogP contribution in [-0.4, -0.2) is 35.1 Å². The number of rotatable bonds is 8. The number of hydrogen-bond donors (Lipinski definition) is 1. The van der Waals surface area contributed by atoms with E-state index >= 15 is 0 Å². The number of anilines is 2. The van der Waals surface area contributed by atoms with Crippen LogP contribution < -0.4 is 19.1 Å². The zero-order valence-electron chi connectivity index (χ0n) is 16.9. The highest BCUT2D eigenvalue weighted by atomic mass is 35.5. The van der Waals surface area contributed by atoms with Crippen LogP contribution in [0.1, 0.15) is 0 Å². The first-order valence-electron chi connectivity index (χ1n) is 9.20. The minimum absolute atomic E-state index is 0.0340. The molecule has 0 atom stereocenters. The summed E-state index contributed by atoms with van der Waals surface area (Å²) in [6.45, 7) is -0.427. The molecule has 0 saturated heterocycles. The fourth-order valence-corrected chi connectivity index (χ4v) is 4.44. The van der Waals surface area contributed by atoms with Crippen LogP contribution in [0.3, 0.4) is 0 Å². The summed E-state index contributed by atoms with van der Waals surface area (Å²) in [4.78, 5) is 12.7. The van der Waals surface area contributed by atoms with Crippen LogP contribution in [0, 0.1) is 0 Å². The zero-order chi connectivity index (χ0) is 22.4. The molecule has 3 rings (SSSR count). The van der Waals surface area contributed by atoms with Crippen molar-refractivity contribution in [1.82, 2.24) is 0 Å². The number of nitrogens with zero attached hydrogens (tertiary/aromatic N) is 1. The summed E-state index contributed by atoms with van der Waals surface area (Å²) in [5.74, 6) is 0.158. The summed E-state index contributed by atoms with van der Waals surface area (Å²) in [5.41, 5.74) is 0.856. The zero-order valence-corrected chi connectivity index (χ0v) is 18.5. The standard InChI is InChI=1S/C22H21ClN2O5S/c1-29-20-13-12-19(14-21(20)30-2)31(27,28)25(18-6-4-3-5-7-18)15-22(26)24-17-10-8-16(23)9-11-17/h3-14H,15H2,1-2H3,(H,24,26). The first-order chi connectivity index (χ1) is 14.8. The molecule has 0 aliphatic heterocycles. The number of para-hydroxylation sites is 1. The highest BCUT2D eigenvalue weighted by Crippen LogP contribution is 2.32. The molecule has 0 fully saturated rings. The van der Waals surface area contributed by atoms with Gasteiger partial charge in [-0.05, 0) is 48.5 Å². The largest absolute Gasteiger partial charge is 0.493 e. The summed E-state index contributed by atoms with van der Waals surface area (Å²) in [7, 11) is -1.21. The Morgan fingerprint density at radius 1 is 0.935 bits per heavy atom. The lowest BCUT2D eigenvalue weighted by molar-refractivity contribution is -0.114. The van der Waals surface area contributed by atoms with Crippen molar-refractivity contribution in [2.24, 2.45) is 0 Å². The van der Waals surface area contributed by atoms with Crippen molar-refractivity contribution in [2.45, 2.75) is 4.90 Å². The number of carbonyl (C=O) groups is 1. The van der Waals surface area contributed by atoms with Crippen LogP contribution in [0.15, 0.2) is 77.7 Å². The van der Waals surface area contributed by atoms with Crippen molar-refractivity contribution in [3.05, 3.63) is 77.8 Å². The molecular formula is C22H21ClN2O5S. The lowest BCUT2D eigenvalue weighted by atomic mass is 10.3. The van der Waals surface area contributed by atoms with Gasteiger partial charge in [0.25, 0.3) is 10.0 Å². The van der Waals surface area contributed by atoms with Crippen LogP contribution in [0.5, 0.6) is 11.5 Å². The molecule has 0 heterocycles. The second-order valence-electron chi connectivity index (χ2n) is 6.42. The summed E-state index contributed by atoms with van der Waals surface area (Å²) in [6, 6.07) is 19.2. The molecule has 3 aromatic rings. The van der Waals surface area contributed by atoms with E-state index in [0.717, 1.165) is 4.31 Å². The van der Waals surface area contributed by atoms with Gasteiger partial charge in [0, 0.05) is 16.8 Å². The quantitative estimate of drug-likeness (QED) is 0.544. The number of nitrogens with one attached hydrogen (secondary N) is 1. The lowest BCUT2D eigenvalue weighted by Gasteiger charge is -2.24. The molecule has 1 N–H and O–H groups in total. The molecule has 0 saturated carbocycles. The van der Waals surface area contributed by atoms with Gasteiger partial charge in [-0.2, -0.15) is 0 Å². The van der Waals surface area contributed by atoms with E-state index in [1.807, 2.05) is 0 Å². The second kappa shape index (κ2) is 9.72. The molecule has 0 aliphatic rings. The molecule has 0 bridgehead atoms. The molecular weight excluding hydrogens is 440 g/mol. The third-order valence-corrected chi connectivity index (χ3v) is 6.42. The second-order valence-corrected chi connectivity index (χ2v) is 8.72. The number of sulfonamides is 1. The molecule has 7 nitrogen and oxygen atoms in total. The lowest BCUT2D eigenvalue weighted by Crippen LogP contribution is -2.38. The number of carbonyl (C=O) groups excluding carboxylic acids is 1. The van der Waals surface area contributed by atoms with Gasteiger partial charge in [0.15, 0.2) is 11.5 Å². The predicted octanol–water partition coefficient (Wildman–Crippen LogP) is 4.19. The van der Waals surface area contributed by atoms with Gasteiger partial charge in [-0.3, -0.25) is 9.10 Å². The van der Waals surface area contributed by atoms with E-state index in [-0.39, 0.29) is 10.6 Å². The number of methoxy groups -OCH3 is 2. The first kappa shape index (κ1) is 22.5. The van der Waals surface area contributed by atoms with E-state index in [0.29, 0.717) is 22.1 Å². The van der Waals surface area contributed by atoms with E-state index in [1.165, 1.54) is 32.4 Å².